The Balaban J connectivity index is 1.91. The topological polar surface area (TPSA) is 67.6 Å². The van der Waals surface area contributed by atoms with Gasteiger partial charge in [0.1, 0.15) is 17.4 Å². The number of hydrogen-bond donors (Lipinski definition) is 1. The van der Waals surface area contributed by atoms with E-state index in [1.165, 1.54) is 16.2 Å². The van der Waals surface area contributed by atoms with Crippen molar-refractivity contribution in [3.63, 3.8) is 0 Å². The molecule has 0 unspecified atom stereocenters. The molecular formula is C19H27N3O3SSi. The number of ether oxygens (including phenoxy) is 1. The van der Waals surface area contributed by atoms with Crippen molar-refractivity contribution in [1.29, 1.82) is 0 Å². The summed E-state index contributed by atoms with van der Waals surface area (Å²) in [5.41, 5.74) is 0.931. The molecule has 8 heteroatoms. The summed E-state index contributed by atoms with van der Waals surface area (Å²) >= 11 is 1.46. The van der Waals surface area contributed by atoms with Crippen LogP contribution in [0.2, 0.25) is 25.7 Å². The SMILES string of the molecule is C#Cc1cc2c(nc([C@@H]3C[C@H](C)CN3C(=O)O)n2COCC[Si](C)(C)C)s1. The molecule has 0 radical (unpaired) electrons. The molecule has 146 valence electrons. The maximum Gasteiger partial charge on any atom is 0.407 e. The van der Waals surface area contributed by atoms with Gasteiger partial charge in [-0.15, -0.1) is 17.8 Å². The molecule has 3 heterocycles. The summed E-state index contributed by atoms with van der Waals surface area (Å²) < 4.78 is 7.98. The first-order chi connectivity index (χ1) is 12.7. The fourth-order valence-electron chi connectivity index (χ4n) is 3.43. The molecule has 1 aliphatic heterocycles. The van der Waals surface area contributed by atoms with Crippen LogP contribution < -0.4 is 0 Å². The Bertz CT molecular complexity index is 877. The van der Waals surface area contributed by atoms with Gasteiger partial charge in [0.05, 0.1) is 16.4 Å². The van der Waals surface area contributed by atoms with Gasteiger partial charge in [-0.05, 0) is 24.4 Å². The molecule has 0 spiro atoms. The normalized spacial score (nSPS) is 20.3. The summed E-state index contributed by atoms with van der Waals surface area (Å²) in [4.78, 5) is 19.6. The number of hydrogen-bond acceptors (Lipinski definition) is 4. The number of terminal acetylenes is 1. The number of imidazole rings is 1. The lowest BCUT2D eigenvalue weighted by atomic mass is 10.1. The van der Waals surface area contributed by atoms with Crippen LogP contribution in [-0.4, -0.2) is 46.9 Å². The number of carboxylic acid groups (broad SMARTS) is 1. The number of aromatic nitrogens is 2. The second-order valence-electron chi connectivity index (χ2n) is 8.48. The minimum absolute atomic E-state index is 0.244. The average Bonchev–Trinajstić information content (AvgIpc) is 3.22. The number of rotatable bonds is 6. The average molecular weight is 406 g/mol. The van der Waals surface area contributed by atoms with Crippen LogP contribution in [-0.2, 0) is 11.5 Å². The van der Waals surface area contributed by atoms with E-state index in [-0.39, 0.29) is 6.04 Å². The van der Waals surface area contributed by atoms with Crippen molar-refractivity contribution in [2.75, 3.05) is 13.2 Å². The first-order valence-corrected chi connectivity index (χ1v) is 13.8. The molecule has 0 aromatic carbocycles. The van der Waals surface area contributed by atoms with Crippen molar-refractivity contribution in [3.05, 3.63) is 16.8 Å². The lowest BCUT2D eigenvalue weighted by molar-refractivity contribution is 0.0832. The van der Waals surface area contributed by atoms with Crippen LogP contribution in [0.1, 0.15) is 30.1 Å². The third-order valence-corrected chi connectivity index (χ3v) is 7.54. The molecule has 2 aromatic heterocycles. The number of carbonyl (C=O) groups is 1. The smallest absolute Gasteiger partial charge is 0.407 e. The van der Waals surface area contributed by atoms with E-state index in [9.17, 15) is 9.90 Å². The maximum atomic E-state index is 11.7. The molecule has 2 atom stereocenters. The largest absolute Gasteiger partial charge is 0.465 e. The van der Waals surface area contributed by atoms with Crippen molar-refractivity contribution in [2.45, 2.75) is 51.8 Å². The molecule has 1 fully saturated rings. The van der Waals surface area contributed by atoms with Crippen LogP contribution in [0.25, 0.3) is 10.3 Å². The van der Waals surface area contributed by atoms with Crippen LogP contribution in [0.3, 0.4) is 0 Å². The Morgan fingerprint density at radius 1 is 1.52 bits per heavy atom. The Kier molecular flexibility index (Phi) is 5.65. The van der Waals surface area contributed by atoms with E-state index < -0.39 is 14.2 Å². The van der Waals surface area contributed by atoms with Gasteiger partial charge in [0.15, 0.2) is 0 Å². The fourth-order valence-corrected chi connectivity index (χ4v) is 5.04. The molecule has 1 aliphatic rings. The predicted octanol–water partition coefficient (Wildman–Crippen LogP) is 4.45. The molecule has 1 N–H and O–H groups in total. The van der Waals surface area contributed by atoms with Crippen molar-refractivity contribution in [1.82, 2.24) is 14.5 Å². The summed E-state index contributed by atoms with van der Waals surface area (Å²) in [5.74, 6) is 3.74. The summed E-state index contributed by atoms with van der Waals surface area (Å²) in [6, 6.07) is 2.79. The van der Waals surface area contributed by atoms with Gasteiger partial charge in [-0.1, -0.05) is 32.5 Å². The number of amides is 1. The number of fused-ring (bicyclic) bond motifs is 1. The minimum atomic E-state index is -1.17. The first kappa shape index (κ1) is 19.9. The van der Waals surface area contributed by atoms with E-state index in [2.05, 4.69) is 32.5 Å². The first-order valence-electron chi connectivity index (χ1n) is 9.23. The molecular weight excluding hydrogens is 378 g/mol. The van der Waals surface area contributed by atoms with Crippen molar-refractivity contribution in [2.24, 2.45) is 5.92 Å². The highest BCUT2D eigenvalue weighted by atomic mass is 32.1. The lowest BCUT2D eigenvalue weighted by Crippen LogP contribution is -2.31. The second-order valence-corrected chi connectivity index (χ2v) is 15.1. The molecule has 1 amide bonds. The van der Waals surface area contributed by atoms with E-state index in [1.54, 1.807) is 0 Å². The fraction of sp³-hybridized carbons (Fsp3) is 0.579. The van der Waals surface area contributed by atoms with E-state index >= 15 is 0 Å². The second kappa shape index (κ2) is 7.66. The monoisotopic (exact) mass is 405 g/mol. The van der Waals surface area contributed by atoms with Crippen molar-refractivity contribution >= 4 is 35.9 Å². The van der Waals surface area contributed by atoms with Gasteiger partial charge < -0.3 is 14.4 Å². The standard InChI is InChI=1S/C19H27N3O3SSi/c1-6-14-10-16-18(26-14)20-17(15-9-13(2)11-21(15)19(23)24)22(16)12-25-7-8-27(3,4)5/h1,10,13,15H,7-9,11-12H2,2-5H3,(H,23,24)/t13-,15-/m0/s1. The van der Waals surface area contributed by atoms with E-state index in [0.717, 1.165) is 33.5 Å². The van der Waals surface area contributed by atoms with E-state index in [1.807, 2.05) is 10.6 Å². The van der Waals surface area contributed by atoms with Crippen molar-refractivity contribution in [3.8, 4) is 12.3 Å². The Hall–Kier alpha value is -1.82. The molecule has 1 saturated heterocycles. The molecule has 6 nitrogen and oxygen atoms in total. The van der Waals surface area contributed by atoms with Crippen LogP contribution in [0, 0.1) is 18.3 Å². The number of thiophene rings is 1. The van der Waals surface area contributed by atoms with Gasteiger partial charge in [-0.2, -0.15) is 0 Å². The zero-order chi connectivity index (χ0) is 19.8. The van der Waals surface area contributed by atoms with Gasteiger partial charge in [0.2, 0.25) is 0 Å². The molecule has 3 rings (SSSR count). The highest BCUT2D eigenvalue weighted by molar-refractivity contribution is 7.19. The highest BCUT2D eigenvalue weighted by Gasteiger charge is 2.37. The van der Waals surface area contributed by atoms with E-state index in [0.29, 0.717) is 25.8 Å². The van der Waals surface area contributed by atoms with Crippen LogP contribution in [0.5, 0.6) is 0 Å². The van der Waals surface area contributed by atoms with Gasteiger partial charge in [0, 0.05) is 21.2 Å². The number of nitrogens with zero attached hydrogens (tertiary/aromatic N) is 3. The van der Waals surface area contributed by atoms with Crippen molar-refractivity contribution < 1.29 is 14.6 Å². The van der Waals surface area contributed by atoms with Gasteiger partial charge in [-0.3, -0.25) is 4.90 Å². The Labute approximate surface area is 165 Å². The summed E-state index contributed by atoms with van der Waals surface area (Å²) in [7, 11) is -1.17. The molecule has 0 bridgehead atoms. The van der Waals surface area contributed by atoms with Gasteiger partial charge in [0.25, 0.3) is 0 Å². The van der Waals surface area contributed by atoms with E-state index in [4.69, 9.17) is 16.1 Å². The maximum absolute atomic E-state index is 11.7. The summed E-state index contributed by atoms with van der Waals surface area (Å²) in [6.45, 7) is 10.6. The van der Waals surface area contributed by atoms with Crippen LogP contribution >= 0.6 is 11.3 Å². The predicted molar refractivity (Wildman–Crippen MR) is 111 cm³/mol. The zero-order valence-corrected chi connectivity index (χ0v) is 18.2. The molecule has 0 saturated carbocycles. The summed E-state index contributed by atoms with van der Waals surface area (Å²) in [5, 5.41) is 9.60. The third kappa shape index (κ3) is 4.37. The minimum Gasteiger partial charge on any atom is -0.465 e. The quantitative estimate of drug-likeness (QED) is 0.438. The molecule has 27 heavy (non-hydrogen) atoms. The summed E-state index contributed by atoms with van der Waals surface area (Å²) in [6.07, 6.45) is 5.42. The van der Waals surface area contributed by atoms with Crippen LogP contribution in [0.15, 0.2) is 6.07 Å². The highest BCUT2D eigenvalue weighted by Crippen LogP contribution is 2.37. The Morgan fingerprint density at radius 2 is 2.26 bits per heavy atom. The van der Waals surface area contributed by atoms with Gasteiger partial charge >= 0.3 is 6.09 Å². The molecule has 2 aromatic rings. The number of likely N-dealkylation sites (tertiary alicyclic amines) is 1. The third-order valence-electron chi connectivity index (χ3n) is 4.89. The zero-order valence-electron chi connectivity index (χ0n) is 16.4. The van der Waals surface area contributed by atoms with Crippen LogP contribution in [0.4, 0.5) is 4.79 Å². The van der Waals surface area contributed by atoms with Gasteiger partial charge in [-0.25, -0.2) is 9.78 Å². The lowest BCUT2D eigenvalue weighted by Gasteiger charge is -2.22. The molecule has 0 aliphatic carbocycles. The Morgan fingerprint density at radius 3 is 2.89 bits per heavy atom.